The van der Waals surface area contributed by atoms with Gasteiger partial charge < -0.3 is 10.6 Å². The molecule has 0 aliphatic rings. The number of fused-ring (bicyclic) bond motifs is 1. The molecule has 3 aromatic rings. The number of rotatable bonds is 4. The Labute approximate surface area is 150 Å². The molecule has 0 spiro atoms. The maximum Gasteiger partial charge on any atom is 0.253 e. The highest BCUT2D eigenvalue weighted by Crippen LogP contribution is 2.32. The third-order valence-electron chi connectivity index (χ3n) is 3.95. The zero-order chi connectivity index (χ0) is 18.3. The van der Waals surface area contributed by atoms with Crippen molar-refractivity contribution in [2.24, 2.45) is 0 Å². The fourth-order valence-corrected chi connectivity index (χ4v) is 3.07. The van der Waals surface area contributed by atoms with Crippen LogP contribution in [0.25, 0.3) is 5.78 Å². The van der Waals surface area contributed by atoms with E-state index in [1.807, 2.05) is 41.8 Å². The van der Waals surface area contributed by atoms with Crippen molar-refractivity contribution >= 4 is 29.4 Å². The van der Waals surface area contributed by atoms with Gasteiger partial charge in [0.05, 0.1) is 5.25 Å². The van der Waals surface area contributed by atoms with Crippen molar-refractivity contribution in [3.05, 3.63) is 22.8 Å². The second-order valence-electron chi connectivity index (χ2n) is 6.02. The minimum Gasteiger partial charge on any atom is -0.368 e. The van der Waals surface area contributed by atoms with Crippen LogP contribution in [-0.2, 0) is 0 Å². The third kappa shape index (κ3) is 3.34. The molecule has 25 heavy (non-hydrogen) atoms. The number of hydrogen-bond donors (Lipinski definition) is 1. The van der Waals surface area contributed by atoms with E-state index in [2.05, 4.69) is 30.0 Å². The first-order valence-corrected chi connectivity index (χ1v) is 8.70. The average Bonchev–Trinajstić information content (AvgIpc) is 2.94. The standard InChI is InChI=1S/C15H21N9S/c1-7-8(2)17-14-21-15(22-24(14)9(7)3)25-10(4)11-18-12(16)20-13(19-11)23(5)6/h10H,1-6H3,(H2,16,18,19,20). The molecule has 0 fully saturated rings. The smallest absolute Gasteiger partial charge is 0.253 e. The van der Waals surface area contributed by atoms with Gasteiger partial charge in [-0.3, -0.25) is 0 Å². The zero-order valence-corrected chi connectivity index (χ0v) is 16.0. The molecule has 0 amide bonds. The Morgan fingerprint density at radius 3 is 2.44 bits per heavy atom. The molecule has 9 nitrogen and oxygen atoms in total. The Kier molecular flexibility index (Phi) is 4.46. The van der Waals surface area contributed by atoms with Crippen LogP contribution in [0.15, 0.2) is 5.16 Å². The lowest BCUT2D eigenvalue weighted by atomic mass is 10.2. The first kappa shape index (κ1) is 17.3. The summed E-state index contributed by atoms with van der Waals surface area (Å²) >= 11 is 1.46. The van der Waals surface area contributed by atoms with Crippen molar-refractivity contribution in [2.45, 2.75) is 38.1 Å². The van der Waals surface area contributed by atoms with E-state index in [0.717, 1.165) is 17.0 Å². The summed E-state index contributed by atoms with van der Waals surface area (Å²) in [7, 11) is 3.72. The van der Waals surface area contributed by atoms with Gasteiger partial charge >= 0.3 is 0 Å². The van der Waals surface area contributed by atoms with E-state index in [4.69, 9.17) is 5.73 Å². The van der Waals surface area contributed by atoms with Gasteiger partial charge in [-0.2, -0.15) is 19.9 Å². The van der Waals surface area contributed by atoms with Crippen LogP contribution >= 0.6 is 11.8 Å². The molecule has 0 aliphatic carbocycles. The summed E-state index contributed by atoms with van der Waals surface area (Å²) in [4.78, 5) is 23.6. The first-order chi connectivity index (χ1) is 11.8. The maximum atomic E-state index is 5.80. The Morgan fingerprint density at radius 2 is 1.76 bits per heavy atom. The summed E-state index contributed by atoms with van der Waals surface area (Å²) < 4.78 is 1.77. The molecule has 3 heterocycles. The SMILES string of the molecule is Cc1nc2nc(SC(C)c3nc(N)nc(N(C)C)n3)nn2c(C)c1C. The highest BCUT2D eigenvalue weighted by atomic mass is 32.2. The lowest BCUT2D eigenvalue weighted by molar-refractivity contribution is 0.824. The van der Waals surface area contributed by atoms with Gasteiger partial charge in [0, 0.05) is 25.5 Å². The minimum atomic E-state index is -0.0797. The number of nitrogens with two attached hydrogens (primary N) is 1. The summed E-state index contributed by atoms with van der Waals surface area (Å²) in [5.41, 5.74) is 8.91. The van der Waals surface area contributed by atoms with Crippen LogP contribution < -0.4 is 10.6 Å². The topological polar surface area (TPSA) is 111 Å². The number of hydrogen-bond acceptors (Lipinski definition) is 9. The monoisotopic (exact) mass is 359 g/mol. The van der Waals surface area contributed by atoms with Gasteiger partial charge in [-0.15, -0.1) is 5.10 Å². The summed E-state index contributed by atoms with van der Waals surface area (Å²) in [5, 5.41) is 5.10. The predicted molar refractivity (Wildman–Crippen MR) is 97.8 cm³/mol. The fourth-order valence-electron chi connectivity index (χ4n) is 2.28. The van der Waals surface area contributed by atoms with Crippen LogP contribution in [0, 0.1) is 20.8 Å². The molecule has 0 aliphatic heterocycles. The van der Waals surface area contributed by atoms with Crippen LogP contribution in [0.1, 0.15) is 34.9 Å². The van der Waals surface area contributed by atoms with E-state index in [-0.39, 0.29) is 11.2 Å². The maximum absolute atomic E-state index is 5.80. The number of thioether (sulfide) groups is 1. The highest BCUT2D eigenvalue weighted by Gasteiger charge is 2.18. The van der Waals surface area contributed by atoms with Gasteiger partial charge in [-0.1, -0.05) is 11.8 Å². The van der Waals surface area contributed by atoms with Gasteiger partial charge in [0.2, 0.25) is 17.1 Å². The van der Waals surface area contributed by atoms with Crippen LogP contribution in [0.5, 0.6) is 0 Å². The fraction of sp³-hybridized carbons (Fsp3) is 0.467. The second kappa shape index (κ2) is 6.43. The molecule has 0 aromatic carbocycles. The first-order valence-electron chi connectivity index (χ1n) is 7.82. The summed E-state index contributed by atoms with van der Waals surface area (Å²) in [6, 6.07) is 0. The molecule has 132 valence electrons. The molecule has 3 aromatic heterocycles. The molecule has 0 bridgehead atoms. The number of anilines is 2. The summed E-state index contributed by atoms with van der Waals surface area (Å²) in [6.45, 7) is 8.01. The lowest BCUT2D eigenvalue weighted by Gasteiger charge is -2.13. The minimum absolute atomic E-state index is 0.0797. The zero-order valence-electron chi connectivity index (χ0n) is 15.1. The van der Waals surface area contributed by atoms with E-state index in [9.17, 15) is 0 Å². The van der Waals surface area contributed by atoms with Crippen LogP contribution in [0.2, 0.25) is 0 Å². The van der Waals surface area contributed by atoms with Crippen molar-refractivity contribution in [1.82, 2.24) is 34.5 Å². The average molecular weight is 359 g/mol. The highest BCUT2D eigenvalue weighted by molar-refractivity contribution is 7.99. The van der Waals surface area contributed by atoms with E-state index in [1.165, 1.54) is 11.8 Å². The molecule has 1 unspecified atom stereocenters. The predicted octanol–water partition coefficient (Wildman–Crippen LogP) is 1.74. The van der Waals surface area contributed by atoms with Crippen molar-refractivity contribution in [3.63, 3.8) is 0 Å². The Morgan fingerprint density at radius 1 is 1.04 bits per heavy atom. The molecule has 10 heteroatoms. The van der Waals surface area contributed by atoms with Crippen LogP contribution in [-0.4, -0.2) is 48.6 Å². The quantitative estimate of drug-likeness (QED) is 0.696. The Hall–Kier alpha value is -2.49. The molecule has 0 saturated heterocycles. The molecule has 0 radical (unpaired) electrons. The molecule has 3 rings (SSSR count). The molecule has 1 atom stereocenters. The van der Waals surface area contributed by atoms with Gasteiger partial charge in [0.15, 0.2) is 0 Å². The summed E-state index contributed by atoms with van der Waals surface area (Å²) in [6.07, 6.45) is 0. The van der Waals surface area contributed by atoms with Gasteiger partial charge in [-0.25, -0.2) is 9.50 Å². The molecular formula is C15H21N9S. The van der Waals surface area contributed by atoms with Crippen molar-refractivity contribution in [3.8, 4) is 0 Å². The largest absolute Gasteiger partial charge is 0.368 e. The molecular weight excluding hydrogens is 338 g/mol. The Bertz CT molecular complexity index is 934. The second-order valence-corrected chi connectivity index (χ2v) is 7.33. The number of nitrogens with zero attached hydrogens (tertiary/aromatic N) is 8. The van der Waals surface area contributed by atoms with Crippen LogP contribution in [0.3, 0.4) is 0 Å². The number of aromatic nitrogens is 7. The van der Waals surface area contributed by atoms with Crippen molar-refractivity contribution in [2.75, 3.05) is 24.7 Å². The van der Waals surface area contributed by atoms with Gasteiger partial charge in [0.25, 0.3) is 5.78 Å². The number of nitrogen functional groups attached to an aromatic ring is 1. The van der Waals surface area contributed by atoms with Gasteiger partial charge in [-0.05, 0) is 33.3 Å². The lowest BCUT2D eigenvalue weighted by Crippen LogP contribution is -2.16. The van der Waals surface area contributed by atoms with Crippen LogP contribution in [0.4, 0.5) is 11.9 Å². The van der Waals surface area contributed by atoms with E-state index in [0.29, 0.717) is 22.7 Å². The van der Waals surface area contributed by atoms with E-state index in [1.54, 1.807) is 9.42 Å². The van der Waals surface area contributed by atoms with Crippen molar-refractivity contribution in [1.29, 1.82) is 0 Å². The molecule has 2 N–H and O–H groups in total. The molecule has 0 saturated carbocycles. The van der Waals surface area contributed by atoms with E-state index < -0.39 is 0 Å². The van der Waals surface area contributed by atoms with Gasteiger partial charge in [0.1, 0.15) is 5.82 Å². The third-order valence-corrected chi connectivity index (χ3v) is 4.89. The normalized spacial score (nSPS) is 12.6. The summed E-state index contributed by atoms with van der Waals surface area (Å²) in [5.74, 6) is 1.92. The Balaban J connectivity index is 1.92. The van der Waals surface area contributed by atoms with Crippen molar-refractivity contribution < 1.29 is 0 Å². The van der Waals surface area contributed by atoms with E-state index >= 15 is 0 Å². The number of aryl methyl sites for hydroxylation is 2.